The van der Waals surface area contributed by atoms with E-state index < -0.39 is 0 Å². The Balaban J connectivity index is 1.94. The van der Waals surface area contributed by atoms with E-state index in [4.69, 9.17) is 0 Å². The number of rotatable bonds is 6. The van der Waals surface area contributed by atoms with E-state index >= 15 is 0 Å². The van der Waals surface area contributed by atoms with Crippen LogP contribution in [0.2, 0.25) is 0 Å². The highest BCUT2D eigenvalue weighted by molar-refractivity contribution is 5.80. The number of amides is 1. The Morgan fingerprint density at radius 2 is 2.04 bits per heavy atom. The van der Waals surface area contributed by atoms with Crippen molar-refractivity contribution < 1.29 is 18.7 Å². The van der Waals surface area contributed by atoms with E-state index in [9.17, 15) is 14.0 Å². The first-order valence-electron chi connectivity index (χ1n) is 7.58. The van der Waals surface area contributed by atoms with Crippen LogP contribution < -0.4 is 10.9 Å². The van der Waals surface area contributed by atoms with Gasteiger partial charge >= 0.3 is 5.97 Å². The third-order valence-electron chi connectivity index (χ3n) is 4.01. The molecule has 0 aliphatic carbocycles. The summed E-state index contributed by atoms with van der Waals surface area (Å²) in [5.74, 6) is -0.868. The van der Waals surface area contributed by atoms with Crippen molar-refractivity contribution in [1.82, 2.24) is 15.8 Å². The van der Waals surface area contributed by atoms with Crippen LogP contribution in [0.25, 0.3) is 0 Å². The van der Waals surface area contributed by atoms with Crippen molar-refractivity contribution in [3.8, 4) is 0 Å². The van der Waals surface area contributed by atoms with Crippen molar-refractivity contribution >= 4 is 11.9 Å². The summed E-state index contributed by atoms with van der Waals surface area (Å²) in [5, 5.41) is 0. The van der Waals surface area contributed by atoms with Crippen LogP contribution in [0.15, 0.2) is 24.3 Å². The molecule has 1 saturated heterocycles. The quantitative estimate of drug-likeness (QED) is 0.765. The molecule has 1 aromatic carbocycles. The van der Waals surface area contributed by atoms with E-state index in [1.165, 1.54) is 19.2 Å². The number of ether oxygens (including phenoxy) is 1. The zero-order chi connectivity index (χ0) is 16.8. The standard InChI is InChI=1S/C16H22FN3O3/c1-20(9-3-4-14(21)23-2)16(22)13-10-18-19-15(13)11-5-7-12(17)8-6-11/h5-8,13,15,18-19H,3-4,9-10H2,1-2H3. The monoisotopic (exact) mass is 323 g/mol. The molecule has 126 valence electrons. The molecule has 0 radical (unpaired) electrons. The molecule has 1 heterocycles. The molecule has 1 aliphatic rings. The van der Waals surface area contributed by atoms with Crippen molar-refractivity contribution in [2.45, 2.75) is 18.9 Å². The molecule has 7 heteroatoms. The first-order chi connectivity index (χ1) is 11.0. The average molecular weight is 323 g/mol. The summed E-state index contributed by atoms with van der Waals surface area (Å²) in [7, 11) is 3.07. The summed E-state index contributed by atoms with van der Waals surface area (Å²) < 4.78 is 17.6. The molecule has 1 amide bonds. The van der Waals surface area contributed by atoms with Crippen LogP contribution in [-0.4, -0.2) is 44.0 Å². The van der Waals surface area contributed by atoms with Gasteiger partial charge in [-0.25, -0.2) is 9.82 Å². The molecule has 23 heavy (non-hydrogen) atoms. The Morgan fingerprint density at radius 3 is 2.70 bits per heavy atom. The summed E-state index contributed by atoms with van der Waals surface area (Å²) in [6.45, 7) is 0.989. The van der Waals surface area contributed by atoms with E-state index in [-0.39, 0.29) is 36.1 Å². The van der Waals surface area contributed by atoms with Crippen LogP contribution in [-0.2, 0) is 14.3 Å². The van der Waals surface area contributed by atoms with Gasteiger partial charge in [0, 0.05) is 26.6 Å². The molecule has 1 aromatic rings. The van der Waals surface area contributed by atoms with Gasteiger partial charge in [0.2, 0.25) is 5.91 Å². The van der Waals surface area contributed by atoms with Crippen molar-refractivity contribution in [1.29, 1.82) is 0 Å². The minimum absolute atomic E-state index is 0.0123. The number of nitrogens with one attached hydrogen (secondary N) is 2. The van der Waals surface area contributed by atoms with Gasteiger partial charge < -0.3 is 9.64 Å². The van der Waals surface area contributed by atoms with Gasteiger partial charge in [0.05, 0.1) is 19.1 Å². The van der Waals surface area contributed by atoms with Gasteiger partial charge in [0.1, 0.15) is 5.82 Å². The number of halogens is 1. The zero-order valence-corrected chi connectivity index (χ0v) is 13.3. The summed E-state index contributed by atoms with van der Waals surface area (Å²) >= 11 is 0. The van der Waals surface area contributed by atoms with Crippen molar-refractivity contribution in [2.75, 3.05) is 27.2 Å². The highest BCUT2D eigenvalue weighted by Gasteiger charge is 2.35. The van der Waals surface area contributed by atoms with Gasteiger partial charge in [-0.15, -0.1) is 0 Å². The Labute approximate surface area is 135 Å². The Morgan fingerprint density at radius 1 is 1.35 bits per heavy atom. The second-order valence-corrected chi connectivity index (χ2v) is 5.60. The van der Waals surface area contributed by atoms with Crippen molar-refractivity contribution in [2.24, 2.45) is 5.92 Å². The Bertz CT molecular complexity index is 550. The molecular formula is C16H22FN3O3. The summed E-state index contributed by atoms with van der Waals surface area (Å²) in [6.07, 6.45) is 0.848. The van der Waals surface area contributed by atoms with Gasteiger partial charge in [-0.3, -0.25) is 15.0 Å². The minimum Gasteiger partial charge on any atom is -0.469 e. The van der Waals surface area contributed by atoms with Gasteiger partial charge in [0.25, 0.3) is 0 Å². The van der Waals surface area contributed by atoms with E-state index in [0.717, 1.165) is 5.56 Å². The zero-order valence-electron chi connectivity index (χ0n) is 13.3. The fourth-order valence-electron chi connectivity index (χ4n) is 2.67. The molecule has 0 saturated carbocycles. The largest absolute Gasteiger partial charge is 0.469 e. The molecule has 2 unspecified atom stereocenters. The van der Waals surface area contributed by atoms with Crippen molar-refractivity contribution in [3.63, 3.8) is 0 Å². The average Bonchev–Trinajstić information content (AvgIpc) is 3.04. The van der Waals surface area contributed by atoms with E-state index in [0.29, 0.717) is 19.5 Å². The van der Waals surface area contributed by atoms with Gasteiger partial charge in [-0.05, 0) is 24.1 Å². The minimum atomic E-state index is -0.303. The van der Waals surface area contributed by atoms with Crippen LogP contribution in [0.1, 0.15) is 24.4 Å². The number of carbonyl (C=O) groups is 2. The number of carbonyl (C=O) groups excluding carboxylic acids is 2. The lowest BCUT2D eigenvalue weighted by atomic mass is 9.93. The lowest BCUT2D eigenvalue weighted by Gasteiger charge is -2.24. The summed E-state index contributed by atoms with van der Waals surface area (Å²) in [5.41, 5.74) is 6.92. The predicted octanol–water partition coefficient (Wildman–Crippen LogP) is 1.00. The molecular weight excluding hydrogens is 301 g/mol. The molecule has 1 aliphatic heterocycles. The van der Waals surface area contributed by atoms with E-state index in [1.54, 1.807) is 24.1 Å². The number of hydrogen-bond donors (Lipinski definition) is 2. The number of methoxy groups -OCH3 is 1. The van der Waals surface area contributed by atoms with E-state index in [2.05, 4.69) is 15.6 Å². The second-order valence-electron chi connectivity index (χ2n) is 5.60. The summed E-state index contributed by atoms with van der Waals surface area (Å²) in [6, 6.07) is 5.93. The molecule has 1 fully saturated rings. The van der Waals surface area contributed by atoms with Crippen molar-refractivity contribution in [3.05, 3.63) is 35.6 Å². The number of benzene rings is 1. The van der Waals surface area contributed by atoms with Crippen LogP contribution in [0.5, 0.6) is 0 Å². The maximum Gasteiger partial charge on any atom is 0.305 e. The summed E-state index contributed by atoms with van der Waals surface area (Å²) in [4.78, 5) is 25.3. The first kappa shape index (κ1) is 17.4. The predicted molar refractivity (Wildman–Crippen MR) is 82.7 cm³/mol. The van der Waals surface area contributed by atoms with Crippen LogP contribution in [0.4, 0.5) is 4.39 Å². The molecule has 0 aromatic heterocycles. The van der Waals surface area contributed by atoms with Crippen LogP contribution in [0, 0.1) is 11.7 Å². The lowest BCUT2D eigenvalue weighted by molar-refractivity contribution is -0.141. The Kier molecular flexibility index (Phi) is 6.06. The maximum absolute atomic E-state index is 13.0. The smallest absolute Gasteiger partial charge is 0.305 e. The fraction of sp³-hybridized carbons (Fsp3) is 0.500. The Hall–Kier alpha value is -1.99. The van der Waals surface area contributed by atoms with Crippen LogP contribution in [0.3, 0.4) is 0 Å². The third kappa shape index (κ3) is 4.49. The third-order valence-corrected chi connectivity index (χ3v) is 4.01. The molecule has 2 rings (SSSR count). The van der Waals surface area contributed by atoms with Crippen LogP contribution >= 0.6 is 0 Å². The highest BCUT2D eigenvalue weighted by atomic mass is 19.1. The first-order valence-corrected chi connectivity index (χ1v) is 7.58. The number of nitrogens with zero attached hydrogens (tertiary/aromatic N) is 1. The number of esters is 1. The molecule has 6 nitrogen and oxygen atoms in total. The molecule has 2 atom stereocenters. The molecule has 0 bridgehead atoms. The maximum atomic E-state index is 13.0. The fourth-order valence-corrected chi connectivity index (χ4v) is 2.67. The number of hydrogen-bond acceptors (Lipinski definition) is 5. The molecule has 2 N–H and O–H groups in total. The van der Waals surface area contributed by atoms with Gasteiger partial charge in [-0.2, -0.15) is 0 Å². The highest BCUT2D eigenvalue weighted by Crippen LogP contribution is 2.26. The topological polar surface area (TPSA) is 70.7 Å². The SMILES string of the molecule is COC(=O)CCCN(C)C(=O)C1CNNC1c1ccc(F)cc1. The van der Waals surface area contributed by atoms with E-state index in [1.807, 2.05) is 0 Å². The normalized spacial score (nSPS) is 20.3. The number of hydrazine groups is 1. The van der Waals surface area contributed by atoms with Gasteiger partial charge in [-0.1, -0.05) is 12.1 Å². The second kappa shape index (κ2) is 8.03. The molecule has 0 spiro atoms. The lowest BCUT2D eigenvalue weighted by Crippen LogP contribution is -2.37. The van der Waals surface area contributed by atoms with Gasteiger partial charge in [0.15, 0.2) is 0 Å².